The number of ketones is 1. The number of Topliss-reactive ketones (excluding diaryl/α,β-unsaturated/α-hetero) is 1. The van der Waals surface area contributed by atoms with E-state index in [1.807, 2.05) is 6.08 Å². The van der Waals surface area contributed by atoms with E-state index in [4.69, 9.17) is 9.47 Å². The summed E-state index contributed by atoms with van der Waals surface area (Å²) < 4.78 is 42.7. The molecular weight excluding hydrogens is 570 g/mol. The molecule has 1 aromatic carbocycles. The van der Waals surface area contributed by atoms with Gasteiger partial charge in [-0.05, 0) is 138 Å². The predicted octanol–water partition coefficient (Wildman–Crippen LogP) is 9.75. The summed E-state index contributed by atoms with van der Waals surface area (Å²) >= 11 is 0. The molecule has 0 spiro atoms. The molecule has 2 bridgehead atoms. The van der Waals surface area contributed by atoms with Gasteiger partial charge in [-0.3, -0.25) is 4.79 Å². The lowest BCUT2D eigenvalue weighted by Gasteiger charge is -2.73. The molecule has 7 rings (SSSR count). The van der Waals surface area contributed by atoms with Gasteiger partial charge >= 0.3 is 6.61 Å². The number of fused-ring (bicyclic) bond motifs is 5. The van der Waals surface area contributed by atoms with Crippen LogP contribution in [0.25, 0.3) is 6.08 Å². The molecule has 1 saturated heterocycles. The van der Waals surface area contributed by atoms with E-state index in [1.165, 1.54) is 58.1 Å². The SMILES string of the molecule is COc1cc(/C=C2\C[C@@]3(C)[C@H](CC[C@]4(C)[C@@H]3CC[C@@H]3[C@@H]5[C@H]6OC[C@@]5(CCC6(C)C)CC[C@]34C)C(C)(C)C2=O)ccc1OC(F)F. The van der Waals surface area contributed by atoms with E-state index in [1.54, 1.807) is 12.1 Å². The molecule has 1 aliphatic heterocycles. The quantitative estimate of drug-likeness (QED) is 0.313. The minimum absolute atomic E-state index is 0.000482. The van der Waals surface area contributed by atoms with Gasteiger partial charge in [0.25, 0.3) is 0 Å². The molecule has 6 heteroatoms. The number of hydrogen-bond acceptors (Lipinski definition) is 4. The summed E-state index contributed by atoms with van der Waals surface area (Å²) in [6, 6.07) is 4.97. The average Bonchev–Trinajstić information content (AvgIpc) is 3.30. The molecule has 1 aromatic rings. The molecular formula is C39H54F2O4. The van der Waals surface area contributed by atoms with Crippen molar-refractivity contribution in [2.75, 3.05) is 13.7 Å². The fourth-order valence-corrected chi connectivity index (χ4v) is 13.1. The monoisotopic (exact) mass is 624 g/mol. The first-order valence-electron chi connectivity index (χ1n) is 17.5. The highest BCUT2D eigenvalue weighted by Gasteiger charge is 2.73. The van der Waals surface area contributed by atoms with Crippen LogP contribution in [0.3, 0.4) is 0 Å². The number of carbonyl (C=O) groups is 1. The number of methoxy groups -OCH3 is 1. The normalized spacial score (nSPS) is 45.4. The lowest BCUT2D eigenvalue weighted by Crippen LogP contribution is -2.67. The molecule has 0 aromatic heterocycles. The molecule has 5 aliphatic carbocycles. The van der Waals surface area contributed by atoms with Gasteiger partial charge in [0.05, 0.1) is 19.8 Å². The molecule has 0 N–H and O–H groups in total. The van der Waals surface area contributed by atoms with Crippen molar-refractivity contribution in [1.29, 1.82) is 0 Å². The number of carbonyl (C=O) groups excluding carboxylic acids is 1. The first kappa shape index (κ1) is 31.6. The minimum atomic E-state index is -2.93. The van der Waals surface area contributed by atoms with Gasteiger partial charge in [-0.2, -0.15) is 8.78 Å². The summed E-state index contributed by atoms with van der Waals surface area (Å²) in [5, 5.41) is 0. The van der Waals surface area contributed by atoms with Crippen molar-refractivity contribution in [2.45, 2.75) is 119 Å². The highest BCUT2D eigenvalue weighted by molar-refractivity contribution is 6.04. The molecule has 9 atom stereocenters. The molecule has 1 heterocycles. The van der Waals surface area contributed by atoms with Gasteiger partial charge in [0.1, 0.15) is 0 Å². The third-order valence-electron chi connectivity index (χ3n) is 15.5. The van der Waals surface area contributed by atoms with Crippen molar-refractivity contribution in [1.82, 2.24) is 0 Å². The second kappa shape index (κ2) is 10.0. The Hall–Kier alpha value is -1.95. The molecule has 45 heavy (non-hydrogen) atoms. The van der Waals surface area contributed by atoms with Crippen LogP contribution in [0.1, 0.15) is 112 Å². The first-order chi connectivity index (χ1) is 21.0. The molecule has 6 aliphatic rings. The molecule has 6 fully saturated rings. The Balaban J connectivity index is 1.25. The van der Waals surface area contributed by atoms with Crippen LogP contribution in [0.15, 0.2) is 23.8 Å². The Kier molecular flexibility index (Phi) is 7.05. The van der Waals surface area contributed by atoms with Crippen molar-refractivity contribution < 1.29 is 27.8 Å². The van der Waals surface area contributed by atoms with Crippen LogP contribution in [0.2, 0.25) is 0 Å². The third kappa shape index (κ3) is 4.25. The van der Waals surface area contributed by atoms with Crippen LogP contribution in [-0.2, 0) is 9.53 Å². The molecule has 0 radical (unpaired) electrons. The molecule has 4 nitrogen and oxygen atoms in total. The lowest BCUT2D eigenvalue weighted by atomic mass is 9.31. The van der Waals surface area contributed by atoms with Crippen molar-refractivity contribution in [3.05, 3.63) is 29.3 Å². The van der Waals surface area contributed by atoms with Gasteiger partial charge in [0.15, 0.2) is 17.3 Å². The molecule has 0 unspecified atom stereocenters. The minimum Gasteiger partial charge on any atom is -0.493 e. The van der Waals surface area contributed by atoms with E-state index >= 15 is 0 Å². The summed E-state index contributed by atoms with van der Waals surface area (Å²) in [6.07, 6.45) is 13.1. The van der Waals surface area contributed by atoms with Crippen LogP contribution in [0, 0.1) is 56.2 Å². The third-order valence-corrected chi connectivity index (χ3v) is 15.5. The lowest BCUT2D eigenvalue weighted by molar-refractivity contribution is -0.236. The zero-order valence-corrected chi connectivity index (χ0v) is 28.7. The van der Waals surface area contributed by atoms with Gasteiger partial charge < -0.3 is 14.2 Å². The zero-order chi connectivity index (χ0) is 32.4. The van der Waals surface area contributed by atoms with Crippen LogP contribution in [0.5, 0.6) is 11.5 Å². The Morgan fingerprint density at radius 3 is 2.33 bits per heavy atom. The standard InChI is InChI=1S/C39H54F2O4/c1-34(2)15-17-39-18-16-37(6)25(30(39)32(34)44-22-39)10-12-29-36(5)21-24(31(42)35(3,4)28(36)13-14-38(29,37)7)19-23-9-11-26(45-33(40)41)27(20-23)43-8/h9,11,19-20,25,28-30,32-33H,10,12-18,21-22H2,1-8H3/b24-19+/t25-,28-,29-,30-,32-,36+,37-,38-,39-/m1/s1. The number of rotatable bonds is 4. The van der Waals surface area contributed by atoms with Gasteiger partial charge in [-0.25, -0.2) is 0 Å². The second-order valence-electron chi connectivity index (χ2n) is 18.0. The maximum absolute atomic E-state index is 14.2. The second-order valence-corrected chi connectivity index (χ2v) is 18.0. The highest BCUT2D eigenvalue weighted by atomic mass is 19.3. The number of allylic oxidation sites excluding steroid dienone is 1. The maximum atomic E-state index is 14.2. The van der Waals surface area contributed by atoms with E-state index in [2.05, 4.69) is 53.2 Å². The number of ether oxygens (including phenoxy) is 3. The van der Waals surface area contributed by atoms with Crippen LogP contribution >= 0.6 is 0 Å². The Morgan fingerprint density at radius 2 is 1.62 bits per heavy atom. The topological polar surface area (TPSA) is 44.8 Å². The summed E-state index contributed by atoms with van der Waals surface area (Å²) in [5.41, 5.74) is 2.20. The highest BCUT2D eigenvalue weighted by Crippen LogP contribution is 2.78. The van der Waals surface area contributed by atoms with Crippen LogP contribution < -0.4 is 9.47 Å². The Labute approximate surface area is 269 Å². The Bertz CT molecular complexity index is 1420. The van der Waals surface area contributed by atoms with Gasteiger partial charge in [0.2, 0.25) is 0 Å². The number of benzene rings is 1. The fourth-order valence-electron chi connectivity index (χ4n) is 13.1. The molecule has 0 amide bonds. The largest absolute Gasteiger partial charge is 0.493 e. The summed E-state index contributed by atoms with van der Waals surface area (Å²) in [6.45, 7) is 15.1. The van der Waals surface area contributed by atoms with Crippen molar-refractivity contribution >= 4 is 11.9 Å². The van der Waals surface area contributed by atoms with Crippen molar-refractivity contribution in [2.24, 2.45) is 56.2 Å². The summed E-state index contributed by atoms with van der Waals surface area (Å²) in [5.74, 6) is 2.67. The first-order valence-corrected chi connectivity index (χ1v) is 17.5. The van der Waals surface area contributed by atoms with E-state index in [0.717, 1.165) is 30.6 Å². The van der Waals surface area contributed by atoms with E-state index in [9.17, 15) is 13.6 Å². The van der Waals surface area contributed by atoms with Crippen LogP contribution in [0.4, 0.5) is 8.78 Å². The van der Waals surface area contributed by atoms with Gasteiger partial charge in [-0.1, -0.05) is 54.5 Å². The van der Waals surface area contributed by atoms with E-state index < -0.39 is 12.0 Å². The number of halogens is 2. The Morgan fingerprint density at radius 1 is 0.889 bits per heavy atom. The average molecular weight is 625 g/mol. The zero-order valence-electron chi connectivity index (χ0n) is 28.7. The van der Waals surface area contributed by atoms with Crippen molar-refractivity contribution in [3.8, 4) is 11.5 Å². The van der Waals surface area contributed by atoms with E-state index in [-0.39, 0.29) is 38.9 Å². The van der Waals surface area contributed by atoms with Crippen molar-refractivity contribution in [3.63, 3.8) is 0 Å². The van der Waals surface area contributed by atoms with Crippen LogP contribution in [-0.4, -0.2) is 32.2 Å². The van der Waals surface area contributed by atoms with Gasteiger partial charge in [-0.15, -0.1) is 0 Å². The summed E-state index contributed by atoms with van der Waals surface area (Å²) in [4.78, 5) is 14.2. The van der Waals surface area contributed by atoms with Gasteiger partial charge in [0, 0.05) is 5.41 Å². The number of alkyl halides is 2. The molecule has 5 saturated carbocycles. The smallest absolute Gasteiger partial charge is 0.387 e. The number of hydrogen-bond donors (Lipinski definition) is 0. The maximum Gasteiger partial charge on any atom is 0.387 e. The van der Waals surface area contributed by atoms with E-state index in [0.29, 0.717) is 35.2 Å². The predicted molar refractivity (Wildman–Crippen MR) is 172 cm³/mol. The fraction of sp³-hybridized carbons (Fsp3) is 0.769. The summed E-state index contributed by atoms with van der Waals surface area (Å²) in [7, 11) is 1.45. The molecule has 248 valence electrons.